The zero-order valence-electron chi connectivity index (χ0n) is 12.1. The van der Waals surface area contributed by atoms with Gasteiger partial charge in [-0.3, -0.25) is 9.69 Å². The predicted octanol–water partition coefficient (Wildman–Crippen LogP) is 2.45. The highest BCUT2D eigenvalue weighted by atomic mass is 16.4. The molecule has 0 atom stereocenters. The van der Waals surface area contributed by atoms with Crippen LogP contribution >= 0.6 is 0 Å². The van der Waals surface area contributed by atoms with Crippen LogP contribution in [0, 0.1) is 11.3 Å². The number of nitrogens with zero attached hydrogens (tertiary/aromatic N) is 2. The lowest BCUT2D eigenvalue weighted by Crippen LogP contribution is -2.25. The summed E-state index contributed by atoms with van der Waals surface area (Å²) in [6.07, 6.45) is 0.0514. The Kier molecular flexibility index (Phi) is 7.45. The van der Waals surface area contributed by atoms with Gasteiger partial charge in [0.2, 0.25) is 0 Å². The first kappa shape index (κ1) is 17.4. The lowest BCUT2D eigenvalue weighted by Gasteiger charge is -2.15. The minimum Gasteiger partial charge on any atom is -0.465 e. The molecule has 0 unspecified atom stereocenters. The number of nitrogens with one attached hydrogen (secondary N) is 1. The summed E-state index contributed by atoms with van der Waals surface area (Å²) in [5.41, 5.74) is 0.679. The molecule has 0 bridgehead atoms. The molecule has 1 aromatic rings. The highest BCUT2D eigenvalue weighted by molar-refractivity contribution is 5.97. The SMILES string of the molecule is CCC.CNC(=O)c1ccc(C#N)c(N(C)C(=O)O)c1. The number of benzene rings is 1. The minimum atomic E-state index is -1.20. The van der Waals surface area contributed by atoms with E-state index in [0.29, 0.717) is 5.56 Å². The van der Waals surface area contributed by atoms with Crippen LogP contribution < -0.4 is 10.2 Å². The van der Waals surface area contributed by atoms with Gasteiger partial charge >= 0.3 is 6.09 Å². The van der Waals surface area contributed by atoms with E-state index in [4.69, 9.17) is 10.4 Å². The second-order valence-electron chi connectivity index (χ2n) is 3.97. The number of anilines is 1. The van der Waals surface area contributed by atoms with Crippen LogP contribution in [0.2, 0.25) is 0 Å². The first-order chi connectivity index (χ1) is 9.42. The summed E-state index contributed by atoms with van der Waals surface area (Å²) in [7, 11) is 2.78. The number of amides is 2. The number of carbonyl (C=O) groups excluding carboxylic acids is 1. The molecular weight excluding hydrogens is 258 g/mol. The summed E-state index contributed by atoms with van der Waals surface area (Å²) in [6.45, 7) is 4.25. The first-order valence-electron chi connectivity index (χ1n) is 6.15. The van der Waals surface area contributed by atoms with Crippen molar-refractivity contribution in [1.82, 2.24) is 5.32 Å². The van der Waals surface area contributed by atoms with Crippen LogP contribution in [-0.2, 0) is 0 Å². The molecule has 0 fully saturated rings. The molecule has 0 radical (unpaired) electrons. The molecule has 1 aromatic carbocycles. The van der Waals surface area contributed by atoms with E-state index in [1.807, 2.05) is 6.07 Å². The zero-order valence-corrected chi connectivity index (χ0v) is 12.1. The van der Waals surface area contributed by atoms with Gasteiger partial charge in [0.15, 0.2) is 0 Å². The van der Waals surface area contributed by atoms with E-state index in [0.717, 1.165) is 4.90 Å². The molecule has 0 heterocycles. The topological polar surface area (TPSA) is 93.4 Å². The van der Waals surface area contributed by atoms with Crippen LogP contribution in [0.25, 0.3) is 0 Å². The molecule has 0 aliphatic heterocycles. The normalized spacial score (nSPS) is 8.75. The molecule has 20 heavy (non-hydrogen) atoms. The molecule has 108 valence electrons. The van der Waals surface area contributed by atoms with Crippen LogP contribution in [-0.4, -0.2) is 31.2 Å². The fourth-order valence-electron chi connectivity index (χ4n) is 1.29. The third kappa shape index (κ3) is 4.61. The average molecular weight is 277 g/mol. The van der Waals surface area contributed by atoms with E-state index >= 15 is 0 Å². The highest BCUT2D eigenvalue weighted by Crippen LogP contribution is 2.20. The summed E-state index contributed by atoms with van der Waals surface area (Å²) in [5.74, 6) is -0.338. The fourth-order valence-corrected chi connectivity index (χ4v) is 1.29. The number of nitriles is 1. The van der Waals surface area contributed by atoms with Crippen molar-refractivity contribution < 1.29 is 14.7 Å². The zero-order chi connectivity index (χ0) is 15.7. The van der Waals surface area contributed by atoms with Crippen LogP contribution in [0.3, 0.4) is 0 Å². The molecule has 0 saturated carbocycles. The number of rotatable bonds is 2. The third-order valence-electron chi connectivity index (χ3n) is 2.26. The Labute approximate surface area is 118 Å². The molecule has 1 rings (SSSR count). The van der Waals surface area contributed by atoms with Crippen molar-refractivity contribution in [2.45, 2.75) is 20.3 Å². The van der Waals surface area contributed by atoms with Crippen molar-refractivity contribution in [2.75, 3.05) is 19.0 Å². The Bertz CT molecular complexity index is 521. The number of carbonyl (C=O) groups is 2. The Hall–Kier alpha value is -2.55. The Morgan fingerprint density at radius 2 is 1.95 bits per heavy atom. The van der Waals surface area contributed by atoms with Gasteiger partial charge in [-0.2, -0.15) is 5.26 Å². The van der Waals surface area contributed by atoms with E-state index in [9.17, 15) is 9.59 Å². The molecule has 6 nitrogen and oxygen atoms in total. The van der Waals surface area contributed by atoms with Gasteiger partial charge in [-0.25, -0.2) is 4.79 Å². The lowest BCUT2D eigenvalue weighted by molar-refractivity contribution is 0.0963. The molecule has 2 N–H and O–H groups in total. The van der Waals surface area contributed by atoms with E-state index < -0.39 is 6.09 Å². The van der Waals surface area contributed by atoms with Gasteiger partial charge in [0, 0.05) is 19.7 Å². The van der Waals surface area contributed by atoms with Gasteiger partial charge < -0.3 is 10.4 Å². The van der Waals surface area contributed by atoms with Crippen LogP contribution in [0.4, 0.5) is 10.5 Å². The van der Waals surface area contributed by atoms with Crippen LogP contribution in [0.15, 0.2) is 18.2 Å². The van der Waals surface area contributed by atoms with E-state index in [1.54, 1.807) is 0 Å². The smallest absolute Gasteiger partial charge is 0.411 e. The number of hydrogen-bond acceptors (Lipinski definition) is 3. The van der Waals surface area contributed by atoms with Gasteiger partial charge in [-0.05, 0) is 18.2 Å². The molecule has 0 aliphatic carbocycles. The molecule has 2 amide bonds. The molecule has 0 aromatic heterocycles. The summed E-state index contributed by atoms with van der Waals surface area (Å²) in [4.78, 5) is 23.1. The van der Waals surface area contributed by atoms with E-state index in [-0.39, 0.29) is 17.2 Å². The second kappa shape index (κ2) is 8.53. The lowest BCUT2D eigenvalue weighted by atomic mass is 10.1. The molecule has 0 spiro atoms. The van der Waals surface area contributed by atoms with Crippen LogP contribution in [0.1, 0.15) is 36.2 Å². The Morgan fingerprint density at radius 1 is 1.40 bits per heavy atom. The third-order valence-corrected chi connectivity index (χ3v) is 2.26. The highest BCUT2D eigenvalue weighted by Gasteiger charge is 2.15. The largest absolute Gasteiger partial charge is 0.465 e. The molecule has 0 aliphatic rings. The number of carboxylic acid groups (broad SMARTS) is 1. The van der Waals surface area contributed by atoms with Gasteiger partial charge in [0.05, 0.1) is 11.3 Å². The molecule has 0 saturated heterocycles. The van der Waals surface area contributed by atoms with E-state index in [2.05, 4.69) is 19.2 Å². The van der Waals surface area contributed by atoms with Gasteiger partial charge in [-0.15, -0.1) is 0 Å². The van der Waals surface area contributed by atoms with Crippen molar-refractivity contribution in [3.63, 3.8) is 0 Å². The van der Waals surface area contributed by atoms with Crippen LogP contribution in [0.5, 0.6) is 0 Å². The summed E-state index contributed by atoms with van der Waals surface area (Å²) >= 11 is 0. The van der Waals surface area contributed by atoms with Crippen molar-refractivity contribution >= 4 is 17.7 Å². The first-order valence-corrected chi connectivity index (χ1v) is 6.15. The van der Waals surface area contributed by atoms with Crippen molar-refractivity contribution in [3.8, 4) is 6.07 Å². The maximum Gasteiger partial charge on any atom is 0.411 e. The quantitative estimate of drug-likeness (QED) is 0.868. The van der Waals surface area contributed by atoms with E-state index in [1.165, 1.54) is 38.7 Å². The summed E-state index contributed by atoms with van der Waals surface area (Å²) in [6, 6.07) is 6.13. The van der Waals surface area contributed by atoms with Crippen molar-refractivity contribution in [3.05, 3.63) is 29.3 Å². The minimum absolute atomic E-state index is 0.182. The maximum absolute atomic E-state index is 11.4. The Morgan fingerprint density at radius 3 is 2.35 bits per heavy atom. The maximum atomic E-state index is 11.4. The number of hydrogen-bond donors (Lipinski definition) is 2. The molecule has 6 heteroatoms. The van der Waals surface area contributed by atoms with Gasteiger partial charge in [-0.1, -0.05) is 20.3 Å². The Balaban J connectivity index is 0.00000110. The van der Waals surface area contributed by atoms with Gasteiger partial charge in [0.25, 0.3) is 5.91 Å². The second-order valence-corrected chi connectivity index (χ2v) is 3.97. The predicted molar refractivity (Wildman–Crippen MR) is 76.9 cm³/mol. The summed E-state index contributed by atoms with van der Waals surface area (Å²) < 4.78 is 0. The fraction of sp³-hybridized carbons (Fsp3) is 0.357. The van der Waals surface area contributed by atoms with Crippen molar-refractivity contribution in [2.24, 2.45) is 0 Å². The van der Waals surface area contributed by atoms with Crippen molar-refractivity contribution in [1.29, 1.82) is 5.26 Å². The molecular formula is C14H19N3O3. The standard InChI is InChI=1S/C11H11N3O3.C3H8/c1-13-10(15)7-3-4-8(6-12)9(5-7)14(2)11(16)17;1-3-2/h3-5H,1-2H3,(H,13,15)(H,16,17);3H2,1-2H3. The van der Waals surface area contributed by atoms with Gasteiger partial charge in [0.1, 0.15) is 6.07 Å². The average Bonchev–Trinajstić information content (AvgIpc) is 2.45. The monoisotopic (exact) mass is 277 g/mol. The summed E-state index contributed by atoms with van der Waals surface area (Å²) in [5, 5.41) is 20.2.